The van der Waals surface area contributed by atoms with E-state index in [-0.39, 0.29) is 11.8 Å². The molecule has 1 atom stereocenters. The maximum Gasteiger partial charge on any atom is 0.271 e. The van der Waals surface area contributed by atoms with Crippen LogP contribution in [0.5, 0.6) is 5.75 Å². The smallest absolute Gasteiger partial charge is 0.271 e. The van der Waals surface area contributed by atoms with Crippen molar-refractivity contribution in [1.82, 2.24) is 10.2 Å². The predicted octanol–water partition coefficient (Wildman–Crippen LogP) is 3.69. The van der Waals surface area contributed by atoms with Gasteiger partial charge >= 0.3 is 0 Å². The molecule has 1 unspecified atom stereocenters. The van der Waals surface area contributed by atoms with E-state index in [0.29, 0.717) is 25.3 Å². The Morgan fingerprint density at radius 2 is 1.61 bits per heavy atom. The molecule has 5 heteroatoms. The van der Waals surface area contributed by atoms with Gasteiger partial charge in [-0.15, -0.1) is 0 Å². The number of benzene rings is 3. The van der Waals surface area contributed by atoms with Gasteiger partial charge < -0.3 is 15.0 Å². The van der Waals surface area contributed by atoms with E-state index in [0.717, 1.165) is 28.0 Å². The second kappa shape index (κ2) is 8.11. The van der Waals surface area contributed by atoms with Gasteiger partial charge in [0.15, 0.2) is 0 Å². The molecule has 2 amide bonds. The molecule has 31 heavy (non-hydrogen) atoms. The summed E-state index contributed by atoms with van der Waals surface area (Å²) < 4.78 is 5.81. The number of carbonyl (C=O) groups is 2. The van der Waals surface area contributed by atoms with E-state index >= 15 is 0 Å². The van der Waals surface area contributed by atoms with Crippen molar-refractivity contribution in [2.45, 2.75) is 25.6 Å². The van der Waals surface area contributed by atoms with Crippen molar-refractivity contribution < 1.29 is 14.3 Å². The lowest BCUT2D eigenvalue weighted by Crippen LogP contribution is -2.58. The van der Waals surface area contributed by atoms with Gasteiger partial charge in [-0.25, -0.2) is 0 Å². The fourth-order valence-electron chi connectivity index (χ4n) is 4.06. The Bertz CT molecular complexity index is 1150. The predicted molar refractivity (Wildman–Crippen MR) is 118 cm³/mol. The zero-order valence-corrected chi connectivity index (χ0v) is 17.0. The van der Waals surface area contributed by atoms with Crippen LogP contribution in [-0.4, -0.2) is 22.8 Å². The fraction of sp³-hybridized carbons (Fsp3) is 0.154. The summed E-state index contributed by atoms with van der Waals surface area (Å²) in [5.74, 6) is 0.462. The zero-order chi connectivity index (χ0) is 21.2. The lowest BCUT2D eigenvalue weighted by atomic mass is 9.91. The Labute approximate surface area is 181 Å². The molecular weight excluding hydrogens is 388 g/mol. The van der Waals surface area contributed by atoms with Crippen LogP contribution in [0.3, 0.4) is 0 Å². The Kier molecular flexibility index (Phi) is 5.00. The number of amides is 2. The van der Waals surface area contributed by atoms with Gasteiger partial charge in [0.05, 0.1) is 0 Å². The van der Waals surface area contributed by atoms with Crippen LogP contribution in [0.1, 0.15) is 22.3 Å². The molecule has 154 valence electrons. The summed E-state index contributed by atoms with van der Waals surface area (Å²) >= 11 is 0. The monoisotopic (exact) mass is 410 g/mol. The largest absolute Gasteiger partial charge is 0.489 e. The molecule has 1 fully saturated rings. The summed E-state index contributed by atoms with van der Waals surface area (Å²) in [6, 6.07) is 25.0. The van der Waals surface area contributed by atoms with Gasteiger partial charge in [-0.3, -0.25) is 9.59 Å². The number of hydrogen-bond donors (Lipinski definition) is 1. The molecule has 3 aromatic rings. The number of ether oxygens (including phenoxy) is 1. The van der Waals surface area contributed by atoms with Crippen LogP contribution in [0, 0.1) is 0 Å². The van der Waals surface area contributed by atoms with Crippen molar-refractivity contribution in [3.63, 3.8) is 0 Å². The number of carbonyl (C=O) groups excluding carboxylic acids is 2. The van der Waals surface area contributed by atoms with Gasteiger partial charge in [-0.05, 0) is 40.5 Å². The third-order valence-electron chi connectivity index (χ3n) is 5.74. The molecule has 0 saturated carbocycles. The van der Waals surface area contributed by atoms with E-state index in [4.69, 9.17) is 4.74 Å². The number of fused-ring (bicyclic) bond motifs is 2. The van der Waals surface area contributed by atoms with E-state index in [9.17, 15) is 9.59 Å². The number of nitrogens with one attached hydrogen (secondary N) is 1. The molecule has 0 radical (unpaired) electrons. The molecule has 0 bridgehead atoms. The highest BCUT2D eigenvalue weighted by atomic mass is 16.5. The Balaban J connectivity index is 1.31. The average Bonchev–Trinajstić information content (AvgIpc) is 2.81. The molecule has 2 aliphatic heterocycles. The van der Waals surface area contributed by atoms with Gasteiger partial charge in [0.2, 0.25) is 5.91 Å². The summed E-state index contributed by atoms with van der Waals surface area (Å²) in [5.41, 5.74) is 4.46. The summed E-state index contributed by atoms with van der Waals surface area (Å²) in [6.45, 7) is 0.949. The van der Waals surface area contributed by atoms with Crippen LogP contribution >= 0.6 is 0 Å². The van der Waals surface area contributed by atoms with Crippen molar-refractivity contribution in [2.24, 2.45) is 0 Å². The number of rotatable bonds is 4. The van der Waals surface area contributed by atoms with Crippen molar-refractivity contribution in [2.75, 3.05) is 0 Å². The minimum atomic E-state index is -0.451. The molecule has 1 N–H and O–H groups in total. The maximum atomic E-state index is 13.1. The van der Waals surface area contributed by atoms with E-state index < -0.39 is 6.04 Å². The Morgan fingerprint density at radius 3 is 2.39 bits per heavy atom. The second-order valence-corrected chi connectivity index (χ2v) is 7.81. The molecule has 5 rings (SSSR count). The number of piperazine rings is 1. The first kappa shape index (κ1) is 19.1. The van der Waals surface area contributed by atoms with Gasteiger partial charge in [0.25, 0.3) is 5.91 Å². The van der Waals surface area contributed by atoms with Crippen molar-refractivity contribution in [1.29, 1.82) is 0 Å². The van der Waals surface area contributed by atoms with Gasteiger partial charge in [-0.2, -0.15) is 0 Å². The van der Waals surface area contributed by atoms with E-state index in [1.807, 2.05) is 78.9 Å². The van der Waals surface area contributed by atoms with Crippen LogP contribution in [-0.2, 0) is 29.2 Å². The van der Waals surface area contributed by atoms with Gasteiger partial charge in [0, 0.05) is 13.0 Å². The van der Waals surface area contributed by atoms with E-state index in [1.165, 1.54) is 0 Å². The maximum absolute atomic E-state index is 13.1. The molecule has 0 aromatic heterocycles. The second-order valence-electron chi connectivity index (χ2n) is 7.81. The summed E-state index contributed by atoms with van der Waals surface area (Å²) in [4.78, 5) is 27.4. The fourth-order valence-corrected chi connectivity index (χ4v) is 4.06. The quantitative estimate of drug-likeness (QED) is 0.668. The van der Waals surface area contributed by atoms with Gasteiger partial charge in [0.1, 0.15) is 24.1 Å². The van der Waals surface area contributed by atoms with Crippen molar-refractivity contribution in [3.8, 4) is 5.75 Å². The highest BCUT2D eigenvalue weighted by molar-refractivity contribution is 6.07. The van der Waals surface area contributed by atoms with Crippen molar-refractivity contribution in [3.05, 3.63) is 107 Å². The molecule has 2 heterocycles. The van der Waals surface area contributed by atoms with Crippen molar-refractivity contribution >= 4 is 17.9 Å². The molecule has 0 aliphatic carbocycles. The Hall–Kier alpha value is -3.86. The number of hydrogen-bond acceptors (Lipinski definition) is 3. The topological polar surface area (TPSA) is 58.6 Å². The van der Waals surface area contributed by atoms with E-state index in [1.54, 1.807) is 11.0 Å². The Morgan fingerprint density at radius 1 is 0.903 bits per heavy atom. The molecule has 0 spiro atoms. The molecule has 5 nitrogen and oxygen atoms in total. The molecule has 3 aromatic carbocycles. The van der Waals surface area contributed by atoms with Crippen LogP contribution in [0.2, 0.25) is 0 Å². The highest BCUT2D eigenvalue weighted by Crippen LogP contribution is 2.28. The normalized spacial score (nSPS) is 18.9. The average molecular weight is 410 g/mol. The third-order valence-corrected chi connectivity index (χ3v) is 5.74. The first-order valence-corrected chi connectivity index (χ1v) is 10.3. The molecule has 2 aliphatic rings. The lowest BCUT2D eigenvalue weighted by Gasteiger charge is -2.39. The minimum Gasteiger partial charge on any atom is -0.489 e. The summed E-state index contributed by atoms with van der Waals surface area (Å²) in [7, 11) is 0. The summed E-state index contributed by atoms with van der Waals surface area (Å²) in [6.07, 6.45) is 2.27. The lowest BCUT2D eigenvalue weighted by molar-refractivity contribution is -0.143. The first-order valence-electron chi connectivity index (χ1n) is 10.3. The van der Waals surface area contributed by atoms with Crippen LogP contribution in [0.15, 0.2) is 84.6 Å². The third kappa shape index (κ3) is 3.94. The zero-order valence-electron chi connectivity index (χ0n) is 17.0. The molecular formula is C26H22N2O3. The standard InChI is InChI=1S/C26H22N2O3/c29-25-24-15-20-8-4-5-9-21(20)16-28(24)26(30)23(27-25)14-18-10-12-22(13-11-18)31-17-19-6-2-1-3-7-19/h1-14,24H,15-17H2,(H,27,29)/b23-14-. The van der Waals surface area contributed by atoms with E-state index in [2.05, 4.69) is 5.32 Å². The first-order chi connectivity index (χ1) is 15.2. The van der Waals surface area contributed by atoms with Gasteiger partial charge in [-0.1, -0.05) is 66.7 Å². The van der Waals surface area contributed by atoms with Crippen LogP contribution in [0.4, 0.5) is 0 Å². The van der Waals surface area contributed by atoms with Crippen LogP contribution < -0.4 is 10.1 Å². The number of nitrogens with zero attached hydrogens (tertiary/aromatic N) is 1. The molecule has 1 saturated heterocycles. The summed E-state index contributed by atoms with van der Waals surface area (Å²) in [5, 5.41) is 2.81. The highest BCUT2D eigenvalue weighted by Gasteiger charge is 2.40. The minimum absolute atomic E-state index is 0.136. The van der Waals surface area contributed by atoms with Crippen LogP contribution in [0.25, 0.3) is 6.08 Å². The SMILES string of the molecule is O=C1N/C(=C\c2ccc(OCc3ccccc3)cc2)C(=O)N2Cc3ccccc3CC12.